The number of nitrogens with one attached hydrogen (secondary N) is 1. The zero-order valence-electron chi connectivity index (χ0n) is 16.2. The van der Waals surface area contributed by atoms with E-state index in [1.165, 1.54) is 0 Å². The van der Waals surface area contributed by atoms with E-state index in [-0.39, 0.29) is 24.4 Å². The Hall–Kier alpha value is -3.61. The molecule has 0 aliphatic rings. The first-order chi connectivity index (χ1) is 14.5. The highest BCUT2D eigenvalue weighted by Gasteiger charge is 2.12. The molecule has 0 saturated carbocycles. The standard InChI is InChI=1S/C23H21F2N3O2/c24-18-11-12-19(20(25)15-18)23(30)26-13-6-10-22(29)27-21-9-4-5-14-28(21)16-17-7-2-1-3-8-17/h1-5,7-9,11-12,14-15H,6,10,13,16H2,(H,26,30). The maximum absolute atomic E-state index is 13.6. The van der Waals surface area contributed by atoms with Gasteiger partial charge in [0.15, 0.2) is 0 Å². The first-order valence-electron chi connectivity index (χ1n) is 9.53. The molecule has 2 amide bonds. The van der Waals surface area contributed by atoms with Crippen LogP contribution in [0.15, 0.2) is 77.9 Å². The van der Waals surface area contributed by atoms with E-state index in [9.17, 15) is 18.4 Å². The summed E-state index contributed by atoms with van der Waals surface area (Å²) in [6, 6.07) is 18.0. The van der Waals surface area contributed by atoms with Gasteiger partial charge in [0, 0.05) is 31.8 Å². The van der Waals surface area contributed by atoms with Crippen LogP contribution in [0, 0.1) is 11.6 Å². The molecular weight excluding hydrogens is 388 g/mol. The Morgan fingerprint density at radius 2 is 1.73 bits per heavy atom. The van der Waals surface area contributed by atoms with Gasteiger partial charge >= 0.3 is 0 Å². The molecular formula is C23H21F2N3O2. The van der Waals surface area contributed by atoms with E-state index < -0.39 is 17.5 Å². The number of halogens is 2. The van der Waals surface area contributed by atoms with Crippen LogP contribution in [-0.4, -0.2) is 22.9 Å². The van der Waals surface area contributed by atoms with Crippen molar-refractivity contribution in [3.05, 3.63) is 101 Å². The molecule has 5 nitrogen and oxygen atoms in total. The molecule has 2 aromatic carbocycles. The Labute approximate surface area is 172 Å². The van der Waals surface area contributed by atoms with E-state index in [1.807, 2.05) is 53.2 Å². The van der Waals surface area contributed by atoms with Crippen LogP contribution < -0.4 is 10.8 Å². The molecule has 3 rings (SSSR count). The number of benzene rings is 2. The molecule has 1 heterocycles. The first kappa shape index (κ1) is 21.1. The second kappa shape index (κ2) is 10.2. The second-order valence-corrected chi connectivity index (χ2v) is 6.66. The van der Waals surface area contributed by atoms with Crippen LogP contribution in [0.3, 0.4) is 0 Å². The van der Waals surface area contributed by atoms with Crippen LogP contribution in [-0.2, 0) is 11.3 Å². The predicted molar refractivity (Wildman–Crippen MR) is 108 cm³/mol. The molecule has 0 aliphatic heterocycles. The molecule has 0 bridgehead atoms. The van der Waals surface area contributed by atoms with Gasteiger partial charge in [-0.2, -0.15) is 4.99 Å². The molecule has 1 N–H and O–H groups in total. The van der Waals surface area contributed by atoms with Crippen molar-refractivity contribution < 1.29 is 18.4 Å². The van der Waals surface area contributed by atoms with Crippen molar-refractivity contribution in [1.82, 2.24) is 9.88 Å². The van der Waals surface area contributed by atoms with Gasteiger partial charge in [0.2, 0.25) is 5.91 Å². The maximum Gasteiger partial charge on any atom is 0.254 e. The van der Waals surface area contributed by atoms with Crippen LogP contribution in [0.5, 0.6) is 0 Å². The smallest absolute Gasteiger partial charge is 0.254 e. The third-order valence-corrected chi connectivity index (χ3v) is 4.38. The van der Waals surface area contributed by atoms with E-state index in [0.717, 1.165) is 17.7 Å². The van der Waals surface area contributed by atoms with Gasteiger partial charge in [0.05, 0.1) is 5.56 Å². The third-order valence-electron chi connectivity index (χ3n) is 4.38. The van der Waals surface area contributed by atoms with E-state index in [2.05, 4.69) is 10.3 Å². The van der Waals surface area contributed by atoms with Crippen molar-refractivity contribution in [1.29, 1.82) is 0 Å². The average molecular weight is 409 g/mol. The Balaban J connectivity index is 1.54. The summed E-state index contributed by atoms with van der Waals surface area (Å²) >= 11 is 0. The molecule has 0 aliphatic carbocycles. The Kier molecular flexibility index (Phi) is 7.21. The number of rotatable bonds is 7. The summed E-state index contributed by atoms with van der Waals surface area (Å²) in [6.07, 6.45) is 2.34. The van der Waals surface area contributed by atoms with Crippen LogP contribution in [0.2, 0.25) is 0 Å². The Morgan fingerprint density at radius 3 is 2.50 bits per heavy atom. The molecule has 30 heavy (non-hydrogen) atoms. The fourth-order valence-corrected chi connectivity index (χ4v) is 2.88. The lowest BCUT2D eigenvalue weighted by molar-refractivity contribution is -0.118. The number of hydrogen-bond acceptors (Lipinski definition) is 2. The fourth-order valence-electron chi connectivity index (χ4n) is 2.88. The topological polar surface area (TPSA) is 63.5 Å². The number of pyridine rings is 1. The van der Waals surface area contributed by atoms with Crippen molar-refractivity contribution in [2.75, 3.05) is 6.54 Å². The summed E-state index contributed by atoms with van der Waals surface area (Å²) in [5.41, 5.74) is 1.40. The minimum absolute atomic E-state index is 0.131. The van der Waals surface area contributed by atoms with Crippen LogP contribution in [0.25, 0.3) is 0 Å². The van der Waals surface area contributed by atoms with Gasteiger partial charge in [-0.3, -0.25) is 9.59 Å². The van der Waals surface area contributed by atoms with Gasteiger partial charge < -0.3 is 9.88 Å². The van der Waals surface area contributed by atoms with Gasteiger partial charge in [-0.15, -0.1) is 0 Å². The molecule has 0 atom stereocenters. The lowest BCUT2D eigenvalue weighted by Crippen LogP contribution is -2.26. The summed E-state index contributed by atoms with van der Waals surface area (Å²) in [7, 11) is 0. The highest BCUT2D eigenvalue weighted by atomic mass is 19.1. The van der Waals surface area contributed by atoms with E-state index in [4.69, 9.17) is 0 Å². The number of hydrogen-bond donors (Lipinski definition) is 1. The summed E-state index contributed by atoms with van der Waals surface area (Å²) in [6.45, 7) is 0.767. The van der Waals surface area contributed by atoms with Crippen LogP contribution in [0.1, 0.15) is 28.8 Å². The van der Waals surface area contributed by atoms with Gasteiger partial charge in [0.1, 0.15) is 17.1 Å². The largest absolute Gasteiger partial charge is 0.352 e. The molecule has 0 fully saturated rings. The van der Waals surface area contributed by atoms with Crippen LogP contribution in [0.4, 0.5) is 8.78 Å². The van der Waals surface area contributed by atoms with Crippen molar-refractivity contribution in [2.45, 2.75) is 19.4 Å². The van der Waals surface area contributed by atoms with E-state index in [1.54, 1.807) is 6.07 Å². The summed E-state index contributed by atoms with van der Waals surface area (Å²) < 4.78 is 28.4. The van der Waals surface area contributed by atoms with Crippen molar-refractivity contribution in [3.8, 4) is 0 Å². The lowest BCUT2D eigenvalue weighted by Gasteiger charge is -2.07. The van der Waals surface area contributed by atoms with E-state index in [0.29, 0.717) is 24.5 Å². The highest BCUT2D eigenvalue weighted by Crippen LogP contribution is 2.09. The average Bonchev–Trinajstić information content (AvgIpc) is 2.73. The Bertz CT molecular complexity index is 1090. The number of nitrogens with zero attached hydrogens (tertiary/aromatic N) is 2. The first-order valence-corrected chi connectivity index (χ1v) is 9.53. The molecule has 0 radical (unpaired) electrons. The Morgan fingerprint density at radius 1 is 0.967 bits per heavy atom. The van der Waals surface area contributed by atoms with Crippen molar-refractivity contribution in [2.24, 2.45) is 4.99 Å². The number of amides is 2. The van der Waals surface area contributed by atoms with Gasteiger partial charge in [-0.05, 0) is 36.2 Å². The monoisotopic (exact) mass is 409 g/mol. The lowest BCUT2D eigenvalue weighted by atomic mass is 10.2. The van der Waals surface area contributed by atoms with Gasteiger partial charge in [-0.25, -0.2) is 8.78 Å². The van der Waals surface area contributed by atoms with E-state index >= 15 is 0 Å². The van der Waals surface area contributed by atoms with Gasteiger partial charge in [-0.1, -0.05) is 36.4 Å². The molecule has 154 valence electrons. The maximum atomic E-state index is 13.6. The highest BCUT2D eigenvalue weighted by molar-refractivity contribution is 5.94. The molecule has 3 aromatic rings. The van der Waals surface area contributed by atoms with Crippen molar-refractivity contribution >= 4 is 11.8 Å². The molecule has 0 spiro atoms. The summed E-state index contributed by atoms with van der Waals surface area (Å²) in [5.74, 6) is -2.64. The number of carbonyl (C=O) groups is 2. The fraction of sp³-hybridized carbons (Fsp3) is 0.174. The third kappa shape index (κ3) is 5.94. The molecule has 0 unspecified atom stereocenters. The van der Waals surface area contributed by atoms with Crippen LogP contribution >= 0.6 is 0 Å². The van der Waals surface area contributed by atoms with Crippen molar-refractivity contribution in [3.63, 3.8) is 0 Å². The zero-order chi connectivity index (χ0) is 21.3. The summed E-state index contributed by atoms with van der Waals surface area (Å²) in [5, 5.41) is 2.52. The minimum Gasteiger partial charge on any atom is -0.352 e. The number of carbonyl (C=O) groups excluding carboxylic acids is 2. The normalized spacial score (nSPS) is 11.3. The summed E-state index contributed by atoms with van der Waals surface area (Å²) in [4.78, 5) is 28.3. The SMILES string of the molecule is O=C(CCCNC(=O)c1ccc(F)cc1F)N=c1ccccn1Cc1ccccc1. The van der Waals surface area contributed by atoms with Gasteiger partial charge in [0.25, 0.3) is 5.91 Å². The zero-order valence-corrected chi connectivity index (χ0v) is 16.2. The molecule has 1 aromatic heterocycles. The molecule has 7 heteroatoms. The molecule has 0 saturated heterocycles. The predicted octanol–water partition coefficient (Wildman–Crippen LogP) is 3.45. The quantitative estimate of drug-likeness (QED) is 0.608. The number of aromatic nitrogens is 1. The minimum atomic E-state index is -0.925. The second-order valence-electron chi connectivity index (χ2n) is 6.66.